The number of carboxylic acids is 1. The van der Waals surface area contributed by atoms with Gasteiger partial charge in [0.1, 0.15) is 0 Å². The molecule has 0 spiro atoms. The summed E-state index contributed by atoms with van der Waals surface area (Å²) < 4.78 is 1.56. The van der Waals surface area contributed by atoms with E-state index >= 15 is 0 Å². The maximum Gasteiger partial charge on any atom is 0.330 e. The van der Waals surface area contributed by atoms with Gasteiger partial charge in [0.15, 0.2) is 0 Å². The van der Waals surface area contributed by atoms with Crippen molar-refractivity contribution in [3.05, 3.63) is 52.2 Å². The van der Waals surface area contributed by atoms with Crippen LogP contribution in [0.5, 0.6) is 0 Å². The van der Waals surface area contributed by atoms with Crippen LogP contribution in [-0.2, 0) is 10.2 Å². The van der Waals surface area contributed by atoms with E-state index in [1.54, 1.807) is 35.0 Å². The van der Waals surface area contributed by atoms with E-state index in [1.807, 2.05) is 6.92 Å². The average Bonchev–Trinajstić information content (AvgIpc) is 3.13. The van der Waals surface area contributed by atoms with E-state index in [1.165, 1.54) is 0 Å². The summed E-state index contributed by atoms with van der Waals surface area (Å²) in [6.07, 6.45) is 3.02. The van der Waals surface area contributed by atoms with E-state index in [-0.39, 0.29) is 5.69 Å². The van der Waals surface area contributed by atoms with Crippen molar-refractivity contribution in [3.63, 3.8) is 0 Å². The minimum absolute atomic E-state index is 0.190. The fourth-order valence-electron chi connectivity index (χ4n) is 2.46. The SMILES string of the molecule is Cc1c[nH]c(=O)n1-c1ccc(C2(C(=O)O)CC2)cc1. The van der Waals surface area contributed by atoms with Crippen molar-refractivity contribution >= 4 is 5.97 Å². The molecule has 19 heavy (non-hydrogen) atoms. The summed E-state index contributed by atoms with van der Waals surface area (Å²) >= 11 is 0. The van der Waals surface area contributed by atoms with E-state index in [0.29, 0.717) is 12.8 Å². The molecule has 1 saturated carbocycles. The molecule has 1 aromatic heterocycles. The molecular formula is C14H14N2O3. The third-order valence-corrected chi connectivity index (χ3v) is 3.80. The van der Waals surface area contributed by atoms with Gasteiger partial charge >= 0.3 is 11.7 Å². The van der Waals surface area contributed by atoms with Crippen molar-refractivity contribution < 1.29 is 9.90 Å². The molecule has 2 N–H and O–H groups in total. The van der Waals surface area contributed by atoms with E-state index in [2.05, 4.69) is 4.98 Å². The number of hydrogen-bond acceptors (Lipinski definition) is 2. The van der Waals surface area contributed by atoms with Gasteiger partial charge in [-0.3, -0.25) is 9.36 Å². The third-order valence-electron chi connectivity index (χ3n) is 3.80. The second-order valence-corrected chi connectivity index (χ2v) is 5.00. The number of imidazole rings is 1. The van der Waals surface area contributed by atoms with Crippen LogP contribution in [0.4, 0.5) is 0 Å². The highest BCUT2D eigenvalue weighted by atomic mass is 16.4. The molecule has 0 unspecified atom stereocenters. The Morgan fingerprint density at radius 1 is 1.32 bits per heavy atom. The first-order valence-corrected chi connectivity index (χ1v) is 6.16. The molecule has 1 heterocycles. The Balaban J connectivity index is 2.01. The number of aliphatic carboxylic acids is 1. The molecule has 5 heteroatoms. The second-order valence-electron chi connectivity index (χ2n) is 5.00. The molecule has 1 aliphatic rings. The molecule has 0 aliphatic heterocycles. The van der Waals surface area contributed by atoms with E-state index in [9.17, 15) is 14.7 Å². The van der Waals surface area contributed by atoms with Crippen molar-refractivity contribution in [1.29, 1.82) is 0 Å². The number of nitrogens with zero attached hydrogens (tertiary/aromatic N) is 1. The highest BCUT2D eigenvalue weighted by molar-refractivity contribution is 5.84. The lowest BCUT2D eigenvalue weighted by molar-refractivity contribution is -0.140. The molecule has 0 bridgehead atoms. The minimum atomic E-state index is -0.768. The molecule has 0 saturated heterocycles. The quantitative estimate of drug-likeness (QED) is 0.877. The van der Waals surface area contributed by atoms with Crippen LogP contribution in [0.1, 0.15) is 24.1 Å². The molecule has 1 fully saturated rings. The van der Waals surface area contributed by atoms with Gasteiger partial charge in [-0.15, -0.1) is 0 Å². The van der Waals surface area contributed by atoms with Crippen LogP contribution in [0, 0.1) is 6.92 Å². The van der Waals surface area contributed by atoms with E-state index < -0.39 is 11.4 Å². The van der Waals surface area contributed by atoms with Gasteiger partial charge in [-0.05, 0) is 37.5 Å². The van der Waals surface area contributed by atoms with Gasteiger partial charge in [0.2, 0.25) is 0 Å². The van der Waals surface area contributed by atoms with Gasteiger partial charge < -0.3 is 10.1 Å². The summed E-state index contributed by atoms with van der Waals surface area (Å²) in [6.45, 7) is 1.84. The lowest BCUT2D eigenvalue weighted by Gasteiger charge is -2.11. The molecule has 2 aromatic rings. The number of carbonyl (C=O) groups is 1. The Morgan fingerprint density at radius 2 is 1.95 bits per heavy atom. The number of carboxylic acid groups (broad SMARTS) is 1. The average molecular weight is 258 g/mol. The fourth-order valence-corrected chi connectivity index (χ4v) is 2.46. The number of rotatable bonds is 3. The van der Waals surface area contributed by atoms with Crippen molar-refractivity contribution in [2.24, 2.45) is 0 Å². The summed E-state index contributed by atoms with van der Waals surface area (Å²) in [5.74, 6) is -0.768. The molecule has 3 rings (SSSR count). The topological polar surface area (TPSA) is 75.1 Å². The van der Waals surface area contributed by atoms with Crippen molar-refractivity contribution in [2.45, 2.75) is 25.2 Å². The van der Waals surface area contributed by atoms with Gasteiger partial charge in [0.05, 0.1) is 11.1 Å². The Bertz CT molecular complexity index is 690. The Labute approximate surface area is 109 Å². The number of aromatic amines is 1. The molecule has 0 amide bonds. The van der Waals surface area contributed by atoms with E-state index in [4.69, 9.17) is 0 Å². The van der Waals surface area contributed by atoms with Crippen LogP contribution in [-0.4, -0.2) is 20.6 Å². The number of aromatic nitrogens is 2. The summed E-state index contributed by atoms with van der Waals surface area (Å²) in [5, 5.41) is 9.24. The standard InChI is InChI=1S/C14H14N2O3/c1-9-8-15-13(19)16(9)11-4-2-10(3-5-11)14(6-7-14)12(17)18/h2-5,8H,6-7H2,1H3,(H,15,19)(H,17,18). The first kappa shape index (κ1) is 11.8. The normalized spacial score (nSPS) is 16.3. The fraction of sp³-hybridized carbons (Fsp3) is 0.286. The summed E-state index contributed by atoms with van der Waals surface area (Å²) in [6, 6.07) is 7.19. The maximum atomic E-state index is 11.7. The van der Waals surface area contributed by atoms with Crippen molar-refractivity contribution in [1.82, 2.24) is 9.55 Å². The van der Waals surface area contributed by atoms with Gasteiger partial charge in [-0.25, -0.2) is 4.79 Å². The highest BCUT2D eigenvalue weighted by Gasteiger charge is 2.51. The zero-order valence-corrected chi connectivity index (χ0v) is 10.5. The second kappa shape index (κ2) is 3.85. The van der Waals surface area contributed by atoms with Gasteiger partial charge in [-0.2, -0.15) is 0 Å². The molecule has 0 radical (unpaired) electrons. The molecule has 98 valence electrons. The minimum Gasteiger partial charge on any atom is -0.481 e. The predicted molar refractivity (Wildman–Crippen MR) is 69.7 cm³/mol. The number of nitrogens with one attached hydrogen (secondary N) is 1. The monoisotopic (exact) mass is 258 g/mol. The molecule has 1 aliphatic carbocycles. The van der Waals surface area contributed by atoms with Gasteiger partial charge in [0.25, 0.3) is 0 Å². The zero-order valence-electron chi connectivity index (χ0n) is 10.5. The van der Waals surface area contributed by atoms with Gasteiger partial charge in [-0.1, -0.05) is 12.1 Å². The lowest BCUT2D eigenvalue weighted by atomic mass is 9.96. The number of H-pyrrole nitrogens is 1. The van der Waals surface area contributed by atoms with Crippen LogP contribution in [0.3, 0.4) is 0 Å². The van der Waals surface area contributed by atoms with Crippen molar-refractivity contribution in [3.8, 4) is 5.69 Å². The highest BCUT2D eigenvalue weighted by Crippen LogP contribution is 2.48. The molecule has 0 atom stereocenters. The first-order valence-electron chi connectivity index (χ1n) is 6.16. The molecule has 1 aromatic carbocycles. The number of benzene rings is 1. The van der Waals surface area contributed by atoms with Crippen LogP contribution < -0.4 is 5.69 Å². The summed E-state index contributed by atoms with van der Waals surface area (Å²) in [5.41, 5.74) is 1.48. The number of aryl methyl sites for hydroxylation is 1. The van der Waals surface area contributed by atoms with Crippen LogP contribution in [0.2, 0.25) is 0 Å². The first-order chi connectivity index (χ1) is 9.04. The zero-order chi connectivity index (χ0) is 13.6. The maximum absolute atomic E-state index is 11.7. The lowest BCUT2D eigenvalue weighted by Crippen LogP contribution is -2.20. The van der Waals surface area contributed by atoms with E-state index in [0.717, 1.165) is 16.9 Å². The Hall–Kier alpha value is -2.30. The van der Waals surface area contributed by atoms with Crippen LogP contribution >= 0.6 is 0 Å². The Morgan fingerprint density at radius 3 is 2.37 bits per heavy atom. The smallest absolute Gasteiger partial charge is 0.330 e. The number of hydrogen-bond donors (Lipinski definition) is 2. The Kier molecular flexibility index (Phi) is 2.38. The van der Waals surface area contributed by atoms with Crippen molar-refractivity contribution in [2.75, 3.05) is 0 Å². The molecular weight excluding hydrogens is 244 g/mol. The third kappa shape index (κ3) is 1.69. The largest absolute Gasteiger partial charge is 0.481 e. The van der Waals surface area contributed by atoms with Crippen LogP contribution in [0.25, 0.3) is 5.69 Å². The van der Waals surface area contributed by atoms with Gasteiger partial charge in [0, 0.05) is 11.9 Å². The van der Waals surface area contributed by atoms with Crippen LogP contribution in [0.15, 0.2) is 35.3 Å². The summed E-state index contributed by atoms with van der Waals surface area (Å²) in [4.78, 5) is 25.5. The molecule has 5 nitrogen and oxygen atoms in total. The predicted octanol–water partition coefficient (Wildman–Crippen LogP) is 1.59. The summed E-state index contributed by atoms with van der Waals surface area (Å²) in [7, 11) is 0.